The average Bonchev–Trinajstić information content (AvgIpc) is 3.44. The van der Waals surface area contributed by atoms with Gasteiger partial charge >= 0.3 is 0 Å². The molecular weight excluding hydrogens is 428 g/mol. The van der Waals surface area contributed by atoms with E-state index in [1.54, 1.807) is 0 Å². The van der Waals surface area contributed by atoms with E-state index in [9.17, 15) is 0 Å². The molecule has 0 aliphatic carbocycles. The van der Waals surface area contributed by atoms with E-state index in [1.807, 2.05) is 24.3 Å². The first-order valence-electron chi connectivity index (χ1n) is 11.7. The molecule has 0 spiro atoms. The molecule has 0 atom stereocenters. The summed E-state index contributed by atoms with van der Waals surface area (Å²) in [7, 11) is 0. The topological polar surface area (TPSA) is 59.1 Å². The third-order valence-electron chi connectivity index (χ3n) is 6.74. The fraction of sp³-hybridized carbons (Fsp3) is 0. The van der Waals surface area contributed by atoms with Crippen molar-refractivity contribution < 1.29 is 0 Å². The van der Waals surface area contributed by atoms with Gasteiger partial charge in [0.1, 0.15) is 5.84 Å². The molecule has 4 heteroatoms. The molecule has 0 amide bonds. The van der Waals surface area contributed by atoms with Gasteiger partial charge in [0.05, 0.1) is 16.7 Å². The molecule has 5 aromatic carbocycles. The normalized spacial score (nSPS) is 12.3. The molecule has 2 aromatic heterocycles. The van der Waals surface area contributed by atoms with Crippen LogP contribution in [0.15, 0.2) is 120 Å². The number of nitrogens with one attached hydrogen (secondary N) is 1. The molecule has 0 saturated heterocycles. The summed E-state index contributed by atoms with van der Waals surface area (Å²) in [4.78, 5) is 8.18. The number of rotatable bonds is 3. The highest BCUT2D eigenvalue weighted by Gasteiger charge is 2.11. The van der Waals surface area contributed by atoms with Crippen molar-refractivity contribution in [1.29, 1.82) is 0 Å². The first-order chi connectivity index (χ1) is 17.3. The predicted molar refractivity (Wildman–Crippen MR) is 147 cm³/mol. The van der Waals surface area contributed by atoms with E-state index >= 15 is 0 Å². The van der Waals surface area contributed by atoms with E-state index in [0.29, 0.717) is 5.84 Å². The molecule has 0 aliphatic heterocycles. The number of para-hydroxylation sites is 3. The summed E-state index contributed by atoms with van der Waals surface area (Å²) < 4.78 is 2.30. The number of nitrogens with two attached hydrogens (primary N) is 1. The smallest absolute Gasteiger partial charge is 0.131 e. The first kappa shape index (κ1) is 19.6. The van der Waals surface area contributed by atoms with Crippen molar-refractivity contribution in [3.8, 4) is 5.69 Å². The van der Waals surface area contributed by atoms with Crippen LogP contribution in [-0.4, -0.2) is 15.4 Å². The van der Waals surface area contributed by atoms with Crippen molar-refractivity contribution in [3.05, 3.63) is 121 Å². The summed E-state index contributed by atoms with van der Waals surface area (Å²) in [6, 6.07) is 39.8. The van der Waals surface area contributed by atoms with Crippen LogP contribution in [0.5, 0.6) is 0 Å². The second-order valence-corrected chi connectivity index (χ2v) is 8.81. The largest absolute Gasteiger partial charge is 0.383 e. The van der Waals surface area contributed by atoms with Gasteiger partial charge in [0, 0.05) is 43.8 Å². The van der Waals surface area contributed by atoms with Gasteiger partial charge < -0.3 is 15.3 Å². The lowest BCUT2D eigenvalue weighted by atomic mass is 10.1. The van der Waals surface area contributed by atoms with E-state index in [4.69, 9.17) is 10.7 Å². The molecular formula is C31H22N4. The second kappa shape index (κ2) is 7.61. The fourth-order valence-corrected chi connectivity index (χ4v) is 5.09. The van der Waals surface area contributed by atoms with Crippen LogP contribution in [0.4, 0.5) is 5.69 Å². The monoisotopic (exact) mass is 450 g/mol. The number of aromatic amines is 1. The zero-order valence-corrected chi connectivity index (χ0v) is 18.9. The van der Waals surface area contributed by atoms with Crippen molar-refractivity contribution in [2.24, 2.45) is 10.7 Å². The highest BCUT2D eigenvalue weighted by Crippen LogP contribution is 2.32. The number of aromatic nitrogens is 2. The number of amidine groups is 1. The number of fused-ring (bicyclic) bond motifs is 6. The van der Waals surface area contributed by atoms with Gasteiger partial charge in [0.2, 0.25) is 0 Å². The van der Waals surface area contributed by atoms with E-state index in [0.717, 1.165) is 33.4 Å². The minimum Gasteiger partial charge on any atom is -0.383 e. The van der Waals surface area contributed by atoms with Crippen LogP contribution in [0, 0.1) is 0 Å². The minimum absolute atomic E-state index is 0.498. The van der Waals surface area contributed by atoms with Gasteiger partial charge in [0.25, 0.3) is 0 Å². The highest BCUT2D eigenvalue weighted by atomic mass is 15.0. The van der Waals surface area contributed by atoms with Crippen LogP contribution in [0.2, 0.25) is 0 Å². The lowest BCUT2D eigenvalue weighted by Gasteiger charge is -2.09. The SMILES string of the molecule is NC(=Nc1ccc2[nH]c3ccccc3c2c1)c1ccc(-n2c3ccccc3c3ccccc32)cc1. The van der Waals surface area contributed by atoms with Crippen LogP contribution < -0.4 is 5.73 Å². The van der Waals surface area contributed by atoms with Gasteiger partial charge in [0.15, 0.2) is 0 Å². The Morgan fingerprint density at radius 2 is 1.20 bits per heavy atom. The van der Waals surface area contributed by atoms with Crippen LogP contribution in [-0.2, 0) is 0 Å². The maximum atomic E-state index is 6.44. The predicted octanol–water partition coefficient (Wildman–Crippen LogP) is 7.46. The van der Waals surface area contributed by atoms with Gasteiger partial charge in [-0.05, 0) is 60.7 Å². The van der Waals surface area contributed by atoms with Gasteiger partial charge in [-0.25, -0.2) is 4.99 Å². The van der Waals surface area contributed by atoms with Crippen molar-refractivity contribution in [2.45, 2.75) is 0 Å². The Morgan fingerprint density at radius 1 is 0.600 bits per heavy atom. The Balaban J connectivity index is 1.28. The molecule has 7 aromatic rings. The summed E-state index contributed by atoms with van der Waals surface area (Å²) in [5, 5.41) is 4.84. The molecule has 4 nitrogen and oxygen atoms in total. The Bertz CT molecular complexity index is 1850. The zero-order chi connectivity index (χ0) is 23.4. The first-order valence-corrected chi connectivity index (χ1v) is 11.7. The molecule has 7 rings (SSSR count). The summed E-state index contributed by atoms with van der Waals surface area (Å²) in [5.41, 5.74) is 13.9. The van der Waals surface area contributed by atoms with E-state index < -0.39 is 0 Å². The summed E-state index contributed by atoms with van der Waals surface area (Å²) >= 11 is 0. The fourth-order valence-electron chi connectivity index (χ4n) is 5.09. The van der Waals surface area contributed by atoms with Crippen LogP contribution in [0.1, 0.15) is 5.56 Å². The van der Waals surface area contributed by atoms with E-state index in [2.05, 4.69) is 101 Å². The van der Waals surface area contributed by atoms with Crippen molar-refractivity contribution in [2.75, 3.05) is 0 Å². The molecule has 3 N–H and O–H groups in total. The molecule has 166 valence electrons. The van der Waals surface area contributed by atoms with Gasteiger partial charge in [-0.3, -0.25) is 0 Å². The number of hydrogen-bond acceptors (Lipinski definition) is 1. The van der Waals surface area contributed by atoms with Crippen molar-refractivity contribution >= 4 is 55.1 Å². The Labute approximate surface area is 202 Å². The Hall–Kier alpha value is -4.83. The molecule has 2 heterocycles. The molecule has 0 fully saturated rings. The molecule has 0 unspecified atom stereocenters. The van der Waals surface area contributed by atoms with Crippen molar-refractivity contribution in [1.82, 2.24) is 9.55 Å². The van der Waals surface area contributed by atoms with Crippen LogP contribution >= 0.6 is 0 Å². The summed E-state index contributed by atoms with van der Waals surface area (Å²) in [6.07, 6.45) is 0. The number of aliphatic imine (C=N–C) groups is 1. The number of hydrogen-bond donors (Lipinski definition) is 2. The maximum absolute atomic E-state index is 6.44. The summed E-state index contributed by atoms with van der Waals surface area (Å²) in [6.45, 7) is 0. The molecule has 0 aliphatic rings. The lowest BCUT2D eigenvalue weighted by molar-refractivity contribution is 1.18. The van der Waals surface area contributed by atoms with Gasteiger partial charge in [-0.2, -0.15) is 0 Å². The van der Waals surface area contributed by atoms with Crippen LogP contribution in [0.3, 0.4) is 0 Å². The highest BCUT2D eigenvalue weighted by molar-refractivity contribution is 6.10. The Morgan fingerprint density at radius 3 is 1.91 bits per heavy atom. The maximum Gasteiger partial charge on any atom is 0.131 e. The molecule has 35 heavy (non-hydrogen) atoms. The van der Waals surface area contributed by atoms with Gasteiger partial charge in [-0.1, -0.05) is 54.6 Å². The van der Waals surface area contributed by atoms with Gasteiger partial charge in [-0.15, -0.1) is 0 Å². The van der Waals surface area contributed by atoms with E-state index in [-0.39, 0.29) is 0 Å². The van der Waals surface area contributed by atoms with Crippen molar-refractivity contribution in [3.63, 3.8) is 0 Å². The third-order valence-corrected chi connectivity index (χ3v) is 6.74. The van der Waals surface area contributed by atoms with E-state index in [1.165, 1.54) is 27.2 Å². The molecule has 0 saturated carbocycles. The second-order valence-electron chi connectivity index (χ2n) is 8.81. The standard InChI is InChI=1S/C31H22N4/c32-31(33-21-15-18-28-26(19-21)23-7-1-4-10-27(23)34-28)20-13-16-22(17-14-20)35-29-11-5-2-8-24(29)25-9-3-6-12-30(25)35/h1-19,34H,(H2,32,33). The van der Waals surface area contributed by atoms with Crippen LogP contribution in [0.25, 0.3) is 49.3 Å². The summed E-state index contributed by atoms with van der Waals surface area (Å²) in [5.74, 6) is 0.498. The molecule has 0 radical (unpaired) electrons. The average molecular weight is 451 g/mol. The number of H-pyrrole nitrogens is 1. The quantitative estimate of drug-likeness (QED) is 0.213. The molecule has 0 bridgehead atoms. The zero-order valence-electron chi connectivity index (χ0n) is 18.9. The lowest BCUT2D eigenvalue weighted by Crippen LogP contribution is -2.12. The third kappa shape index (κ3) is 3.11. The Kier molecular flexibility index (Phi) is 4.26. The minimum atomic E-state index is 0.498. The number of benzene rings is 5. The number of nitrogens with zero attached hydrogens (tertiary/aromatic N) is 2.